The average molecular weight is 1140 g/mol. The van der Waals surface area contributed by atoms with Crippen molar-refractivity contribution in [2.45, 2.75) is 72.4 Å². The monoisotopic (exact) mass is 1140 g/mol. The van der Waals surface area contributed by atoms with Gasteiger partial charge in [-0.25, -0.2) is 0 Å². The molecule has 6 aromatic rings. The Morgan fingerprint density at radius 3 is 1.12 bits per heavy atom. The predicted octanol–water partition coefficient (Wildman–Crippen LogP) is 9.16. The number of hydrogen-bond donors (Lipinski definition) is 0. The van der Waals surface area contributed by atoms with E-state index in [9.17, 15) is 14.4 Å². The van der Waals surface area contributed by atoms with Gasteiger partial charge in [0.2, 0.25) is 17.9 Å². The molecule has 6 aromatic carbocycles. The SMILES string of the molecule is Cc1ccc(CN2C(=O)C3=C(CCN(Cc4ccc(-c5ccc(CN6C(=O)C7=C(CCN(Cc8ccc(-c9ccc(CN%10C(=O)C%11=C(CCN(Cc%12ccccc%12)C%11)N%11CCN=C%10%11)c(C)c9)cc8)C7)N7CCN=C67)cc5)cc4)C3)N3CCN=C23)cc1. The predicted molar refractivity (Wildman–Crippen MR) is 336 cm³/mol. The number of amides is 3. The van der Waals surface area contributed by atoms with Crippen LogP contribution in [0.5, 0.6) is 0 Å². The Kier molecular flexibility index (Phi) is 14.2. The topological polar surface area (TPSA) is 117 Å². The second kappa shape index (κ2) is 22.6. The Morgan fingerprint density at radius 1 is 0.360 bits per heavy atom. The summed E-state index contributed by atoms with van der Waals surface area (Å²) in [6.45, 7) is 17.1. The number of carbonyl (C=O) groups is 3. The van der Waals surface area contributed by atoms with E-state index in [1.165, 1.54) is 22.3 Å². The van der Waals surface area contributed by atoms with Crippen LogP contribution in [-0.2, 0) is 53.7 Å². The highest BCUT2D eigenvalue weighted by Gasteiger charge is 2.44. The minimum absolute atomic E-state index is 0.0539. The average Bonchev–Trinajstić information content (AvgIpc) is 1.60. The molecule has 0 unspecified atom stereocenters. The van der Waals surface area contributed by atoms with Gasteiger partial charge in [-0.1, -0.05) is 151 Å². The molecule has 0 bridgehead atoms. The fraction of sp³-hybridized carbons (Fsp3) is 0.324. The van der Waals surface area contributed by atoms with Crippen molar-refractivity contribution >= 4 is 35.6 Å². The van der Waals surface area contributed by atoms with Gasteiger partial charge in [0.15, 0.2) is 0 Å². The zero-order valence-electron chi connectivity index (χ0n) is 49.3. The molecule has 0 atom stereocenters. The van der Waals surface area contributed by atoms with E-state index in [4.69, 9.17) is 15.0 Å². The number of benzene rings is 6. The molecule has 0 aromatic heterocycles. The van der Waals surface area contributed by atoms with Crippen molar-refractivity contribution in [3.63, 3.8) is 0 Å². The highest BCUT2D eigenvalue weighted by Crippen LogP contribution is 2.37. The quantitative estimate of drug-likeness (QED) is 0.105. The van der Waals surface area contributed by atoms with Crippen molar-refractivity contribution in [2.24, 2.45) is 15.0 Å². The van der Waals surface area contributed by atoms with Crippen LogP contribution in [0, 0.1) is 13.8 Å². The maximum absolute atomic E-state index is 14.6. The highest BCUT2D eigenvalue weighted by molar-refractivity contribution is 6.11. The van der Waals surface area contributed by atoms with Crippen LogP contribution in [0.2, 0.25) is 0 Å². The minimum atomic E-state index is 0.0539. The van der Waals surface area contributed by atoms with E-state index in [-0.39, 0.29) is 17.7 Å². The number of aryl methyl sites for hydroxylation is 2. The lowest BCUT2D eigenvalue weighted by Crippen LogP contribution is -2.53. The molecule has 9 aliphatic heterocycles. The lowest BCUT2D eigenvalue weighted by Gasteiger charge is -2.42. The molecule has 434 valence electrons. The Labute approximate surface area is 503 Å². The third-order valence-corrected chi connectivity index (χ3v) is 18.9. The van der Waals surface area contributed by atoms with E-state index in [1.54, 1.807) is 0 Å². The van der Waals surface area contributed by atoms with Gasteiger partial charge < -0.3 is 14.7 Å². The fourth-order valence-electron chi connectivity index (χ4n) is 14.3. The van der Waals surface area contributed by atoms with E-state index < -0.39 is 0 Å². The number of fused-ring (bicyclic) bond motifs is 6. The first kappa shape index (κ1) is 53.9. The maximum atomic E-state index is 14.6. The third-order valence-electron chi connectivity index (χ3n) is 18.9. The van der Waals surface area contributed by atoms with Crippen LogP contribution in [0.1, 0.15) is 63.8 Å². The van der Waals surface area contributed by atoms with Gasteiger partial charge >= 0.3 is 0 Å². The van der Waals surface area contributed by atoms with E-state index in [1.807, 2.05) is 20.8 Å². The van der Waals surface area contributed by atoms with E-state index in [0.29, 0.717) is 58.9 Å². The number of carbonyl (C=O) groups excluding carboxylic acids is 3. The van der Waals surface area contributed by atoms with Crippen LogP contribution < -0.4 is 0 Å². The summed E-state index contributed by atoms with van der Waals surface area (Å²) in [6.07, 6.45) is 2.50. The first-order valence-electron chi connectivity index (χ1n) is 30.8. The number of nitrogens with zero attached hydrogens (tertiary/aromatic N) is 12. The van der Waals surface area contributed by atoms with Crippen molar-refractivity contribution in [1.29, 1.82) is 0 Å². The molecule has 0 N–H and O–H groups in total. The van der Waals surface area contributed by atoms with Gasteiger partial charge in [-0.15, -0.1) is 0 Å². The van der Waals surface area contributed by atoms with Gasteiger partial charge in [0.25, 0.3) is 17.7 Å². The fourth-order valence-corrected chi connectivity index (χ4v) is 14.3. The molecule has 0 saturated carbocycles. The smallest absolute Gasteiger partial charge is 0.259 e. The van der Waals surface area contributed by atoms with Crippen molar-refractivity contribution in [1.82, 2.24) is 44.1 Å². The first-order valence-corrected chi connectivity index (χ1v) is 30.8. The van der Waals surface area contributed by atoms with Crippen molar-refractivity contribution in [3.05, 3.63) is 224 Å². The van der Waals surface area contributed by atoms with Gasteiger partial charge in [0, 0.05) is 115 Å². The second-order valence-corrected chi connectivity index (χ2v) is 24.5. The number of hydrogen-bond acceptors (Lipinski definition) is 12. The van der Waals surface area contributed by atoms with E-state index in [2.05, 4.69) is 183 Å². The van der Waals surface area contributed by atoms with E-state index >= 15 is 0 Å². The second-order valence-electron chi connectivity index (χ2n) is 24.5. The van der Waals surface area contributed by atoms with Gasteiger partial charge in [0.05, 0.1) is 56.0 Å². The minimum Gasteiger partial charge on any atom is -0.314 e. The van der Waals surface area contributed by atoms with Crippen molar-refractivity contribution in [3.8, 4) is 22.3 Å². The summed E-state index contributed by atoms with van der Waals surface area (Å²) < 4.78 is 0. The first-order chi connectivity index (χ1) is 42.1. The molecule has 15 heteroatoms. The van der Waals surface area contributed by atoms with Crippen LogP contribution >= 0.6 is 0 Å². The van der Waals surface area contributed by atoms with Crippen LogP contribution in [0.3, 0.4) is 0 Å². The summed E-state index contributed by atoms with van der Waals surface area (Å²) >= 11 is 0. The third kappa shape index (κ3) is 10.2. The van der Waals surface area contributed by atoms with Crippen molar-refractivity contribution < 1.29 is 14.4 Å². The maximum Gasteiger partial charge on any atom is 0.259 e. The van der Waals surface area contributed by atoms with Gasteiger partial charge in [-0.2, -0.15) is 0 Å². The van der Waals surface area contributed by atoms with Gasteiger partial charge in [-0.3, -0.25) is 58.8 Å². The van der Waals surface area contributed by atoms with Crippen LogP contribution in [0.15, 0.2) is 194 Å². The van der Waals surface area contributed by atoms with Crippen LogP contribution in [-0.4, -0.2) is 158 Å². The Hall–Kier alpha value is -8.76. The van der Waals surface area contributed by atoms with Crippen molar-refractivity contribution in [2.75, 3.05) is 78.5 Å². The van der Waals surface area contributed by atoms with Gasteiger partial charge in [-0.05, 0) is 75.0 Å². The highest BCUT2D eigenvalue weighted by atomic mass is 16.2. The van der Waals surface area contributed by atoms with Crippen LogP contribution in [0.4, 0.5) is 0 Å². The summed E-state index contributed by atoms with van der Waals surface area (Å²) in [5.41, 5.74) is 20.0. The molecule has 15 rings (SSSR count). The molecule has 3 amide bonds. The summed E-state index contributed by atoms with van der Waals surface area (Å²) in [5, 5.41) is 0. The van der Waals surface area contributed by atoms with Crippen LogP contribution in [0.25, 0.3) is 22.3 Å². The molecule has 15 nitrogen and oxygen atoms in total. The Balaban J connectivity index is 0.558. The number of rotatable bonds is 14. The molecular formula is C71H72N12O3. The number of aliphatic imine (C=N–C) groups is 3. The molecule has 0 spiro atoms. The summed E-state index contributed by atoms with van der Waals surface area (Å²) in [4.78, 5) is 77.4. The standard InChI is InChI=1S/C71H72N12O3/c1-48-8-10-53(11-9-48)42-81-66(84)60-45-76(33-27-63(60)78-35-29-72-69(78)81)40-51-12-18-55(19-13-51)56-20-16-54(17-21-56)43-82-67(85)61-46-77(34-28-64(61)79-36-30-73-70(79)82)41-52-14-22-57(23-15-52)58-24-25-59(49(2)38-58)44-83-68(86)62-47-75(39-50-6-4-3-5-7-50)32-26-65(62)80-37-31-74-71(80)83/h3-25,38H,26-37,39-47H2,1-2H3. The largest absolute Gasteiger partial charge is 0.314 e. The summed E-state index contributed by atoms with van der Waals surface area (Å²) in [7, 11) is 0. The normalized spacial score (nSPS) is 19.9. The molecule has 0 saturated heterocycles. The molecule has 9 heterocycles. The van der Waals surface area contributed by atoms with Gasteiger partial charge in [0.1, 0.15) is 0 Å². The molecule has 0 radical (unpaired) electrons. The zero-order chi connectivity index (χ0) is 58.0. The summed E-state index contributed by atoms with van der Waals surface area (Å²) in [6, 6.07) is 51.8. The lowest BCUT2D eigenvalue weighted by atomic mass is 9.97. The lowest BCUT2D eigenvalue weighted by molar-refractivity contribution is -0.126. The van der Waals surface area contributed by atoms with E-state index in [0.717, 1.165) is 174 Å². The number of guanidine groups is 3. The summed E-state index contributed by atoms with van der Waals surface area (Å²) in [5.74, 6) is 2.60. The molecule has 0 aliphatic carbocycles. The molecule has 86 heavy (non-hydrogen) atoms. The molecule has 0 fully saturated rings. The molecule has 9 aliphatic rings. The zero-order valence-corrected chi connectivity index (χ0v) is 49.3. The molecular weight excluding hydrogens is 1070 g/mol. The Bertz CT molecular complexity index is 3880. The Morgan fingerprint density at radius 2 is 0.709 bits per heavy atom.